The summed E-state index contributed by atoms with van der Waals surface area (Å²) in [6.07, 6.45) is 1.63. The molecule has 156 valence electrons. The lowest BCUT2D eigenvalue weighted by Crippen LogP contribution is -2.48. The Kier molecular flexibility index (Phi) is 9.71. The van der Waals surface area contributed by atoms with Crippen LogP contribution in [0.5, 0.6) is 0 Å². The predicted octanol–water partition coefficient (Wildman–Crippen LogP) is 2.01. The van der Waals surface area contributed by atoms with Crippen molar-refractivity contribution in [3.05, 3.63) is 35.4 Å². The number of carbonyl (C=O) groups is 2. The standard InChI is InChI=1S/C20H31N5O2.HI/c1-20(2,3)24-17(26)13-23-19(21-4)22-12-15-7-9-16(10-8-15)14-25-11-5-6-18(25)27;/h7-10H,5-6,11-14H2,1-4H3,(H,24,26)(H2,21,22,23);1H. The SMILES string of the molecule is CN=C(NCC(=O)NC(C)(C)C)NCc1ccc(CN2CCCC2=O)cc1.I. The zero-order valence-corrected chi connectivity index (χ0v) is 19.5. The van der Waals surface area contributed by atoms with E-state index < -0.39 is 0 Å². The number of aliphatic imine (C=N–C) groups is 1. The topological polar surface area (TPSA) is 85.8 Å². The van der Waals surface area contributed by atoms with Crippen molar-refractivity contribution in [1.29, 1.82) is 0 Å². The summed E-state index contributed by atoms with van der Waals surface area (Å²) in [4.78, 5) is 29.6. The Morgan fingerprint density at radius 1 is 1.14 bits per heavy atom. The number of hydrogen-bond acceptors (Lipinski definition) is 3. The summed E-state index contributed by atoms with van der Waals surface area (Å²) in [6, 6.07) is 8.19. The van der Waals surface area contributed by atoms with Crippen LogP contribution in [-0.4, -0.2) is 48.3 Å². The number of guanidine groups is 1. The molecule has 1 heterocycles. The van der Waals surface area contributed by atoms with Crippen LogP contribution in [0.1, 0.15) is 44.7 Å². The van der Waals surface area contributed by atoms with E-state index in [4.69, 9.17) is 0 Å². The van der Waals surface area contributed by atoms with Gasteiger partial charge >= 0.3 is 0 Å². The molecule has 8 heteroatoms. The van der Waals surface area contributed by atoms with E-state index in [1.54, 1.807) is 7.05 Å². The molecule has 1 aromatic rings. The summed E-state index contributed by atoms with van der Waals surface area (Å²) in [6.45, 7) is 8.14. The molecule has 1 aromatic carbocycles. The average Bonchev–Trinajstić information content (AvgIpc) is 2.99. The highest BCUT2D eigenvalue weighted by molar-refractivity contribution is 14.0. The van der Waals surface area contributed by atoms with E-state index in [1.807, 2.05) is 37.8 Å². The van der Waals surface area contributed by atoms with Crippen molar-refractivity contribution in [1.82, 2.24) is 20.9 Å². The number of nitrogens with one attached hydrogen (secondary N) is 3. The van der Waals surface area contributed by atoms with Crippen LogP contribution in [0.25, 0.3) is 0 Å². The van der Waals surface area contributed by atoms with E-state index in [-0.39, 0.29) is 47.9 Å². The van der Waals surface area contributed by atoms with Gasteiger partial charge in [-0.25, -0.2) is 0 Å². The lowest BCUT2D eigenvalue weighted by atomic mass is 10.1. The minimum atomic E-state index is -0.253. The molecule has 0 radical (unpaired) electrons. The Morgan fingerprint density at radius 2 is 1.79 bits per heavy atom. The molecule has 7 nitrogen and oxygen atoms in total. The van der Waals surface area contributed by atoms with Gasteiger partial charge in [0.1, 0.15) is 0 Å². The van der Waals surface area contributed by atoms with Gasteiger partial charge in [-0.3, -0.25) is 14.6 Å². The number of benzene rings is 1. The van der Waals surface area contributed by atoms with E-state index in [2.05, 4.69) is 33.1 Å². The fraction of sp³-hybridized carbons (Fsp3) is 0.550. The number of nitrogens with zero attached hydrogens (tertiary/aromatic N) is 2. The quantitative estimate of drug-likeness (QED) is 0.316. The van der Waals surface area contributed by atoms with E-state index in [0.717, 1.165) is 24.1 Å². The average molecular weight is 501 g/mol. The molecule has 1 aliphatic rings. The highest BCUT2D eigenvalue weighted by Gasteiger charge is 2.19. The molecule has 2 rings (SSSR count). The highest BCUT2D eigenvalue weighted by Crippen LogP contribution is 2.14. The molecule has 0 saturated carbocycles. The maximum atomic E-state index is 11.9. The van der Waals surface area contributed by atoms with E-state index in [9.17, 15) is 9.59 Å². The zero-order valence-electron chi connectivity index (χ0n) is 17.2. The van der Waals surface area contributed by atoms with Gasteiger partial charge in [0.15, 0.2) is 5.96 Å². The van der Waals surface area contributed by atoms with Crippen LogP contribution in [0, 0.1) is 0 Å². The second-order valence-corrected chi connectivity index (χ2v) is 7.81. The van der Waals surface area contributed by atoms with Gasteiger partial charge in [0.25, 0.3) is 0 Å². The highest BCUT2D eigenvalue weighted by atomic mass is 127. The van der Waals surface area contributed by atoms with Gasteiger partial charge in [-0.1, -0.05) is 24.3 Å². The molecule has 1 fully saturated rings. The molecule has 28 heavy (non-hydrogen) atoms. The van der Waals surface area contributed by atoms with Crippen LogP contribution in [0.2, 0.25) is 0 Å². The number of rotatable bonds is 6. The lowest BCUT2D eigenvalue weighted by molar-refractivity contribution is -0.128. The third kappa shape index (κ3) is 8.45. The zero-order chi connectivity index (χ0) is 19.9. The minimum absolute atomic E-state index is 0. The van der Waals surface area contributed by atoms with Gasteiger partial charge < -0.3 is 20.9 Å². The van der Waals surface area contributed by atoms with E-state index in [0.29, 0.717) is 25.5 Å². The van der Waals surface area contributed by atoms with Crippen LogP contribution < -0.4 is 16.0 Å². The third-order valence-electron chi connectivity index (χ3n) is 4.18. The molecule has 3 N–H and O–H groups in total. The molecule has 0 bridgehead atoms. The van der Waals surface area contributed by atoms with Crippen LogP contribution in [0.3, 0.4) is 0 Å². The first-order chi connectivity index (χ1) is 12.8. The number of amides is 2. The van der Waals surface area contributed by atoms with Crippen molar-refractivity contribution in [2.24, 2.45) is 4.99 Å². The molecule has 0 atom stereocenters. The minimum Gasteiger partial charge on any atom is -0.352 e. The monoisotopic (exact) mass is 501 g/mol. The van der Waals surface area contributed by atoms with Crippen molar-refractivity contribution in [3.63, 3.8) is 0 Å². The Hall–Kier alpha value is -1.84. The molecular weight excluding hydrogens is 469 g/mol. The second-order valence-electron chi connectivity index (χ2n) is 7.81. The fourth-order valence-corrected chi connectivity index (χ4v) is 2.89. The number of likely N-dealkylation sites (tertiary alicyclic amines) is 1. The van der Waals surface area contributed by atoms with E-state index in [1.165, 1.54) is 0 Å². The smallest absolute Gasteiger partial charge is 0.239 e. The van der Waals surface area contributed by atoms with E-state index >= 15 is 0 Å². The molecule has 0 aromatic heterocycles. The lowest BCUT2D eigenvalue weighted by Gasteiger charge is -2.21. The Labute approximate surface area is 184 Å². The molecule has 0 aliphatic carbocycles. The summed E-state index contributed by atoms with van der Waals surface area (Å²) in [5.74, 6) is 0.739. The van der Waals surface area contributed by atoms with Crippen molar-refractivity contribution in [3.8, 4) is 0 Å². The summed E-state index contributed by atoms with van der Waals surface area (Å²) in [5.41, 5.74) is 1.99. The van der Waals surface area contributed by atoms with Crippen LogP contribution in [0.4, 0.5) is 0 Å². The number of hydrogen-bond donors (Lipinski definition) is 3. The largest absolute Gasteiger partial charge is 0.352 e. The van der Waals surface area contributed by atoms with Gasteiger partial charge in [0, 0.05) is 38.6 Å². The van der Waals surface area contributed by atoms with Gasteiger partial charge in [0.2, 0.25) is 11.8 Å². The second kappa shape index (κ2) is 11.2. The van der Waals surface area contributed by atoms with Crippen LogP contribution in [-0.2, 0) is 22.7 Å². The first-order valence-corrected chi connectivity index (χ1v) is 9.38. The Balaban J connectivity index is 0.00000392. The molecule has 1 saturated heterocycles. The first-order valence-electron chi connectivity index (χ1n) is 9.38. The normalized spacial score (nSPS) is 14.5. The molecular formula is C20H32IN5O2. The Morgan fingerprint density at radius 3 is 2.32 bits per heavy atom. The summed E-state index contributed by atoms with van der Waals surface area (Å²) >= 11 is 0. The molecule has 0 unspecified atom stereocenters. The summed E-state index contributed by atoms with van der Waals surface area (Å²) in [5, 5.41) is 9.11. The van der Waals surface area contributed by atoms with Crippen molar-refractivity contribution < 1.29 is 9.59 Å². The summed E-state index contributed by atoms with van der Waals surface area (Å²) < 4.78 is 0. The van der Waals surface area contributed by atoms with Crippen molar-refractivity contribution in [2.75, 3.05) is 20.1 Å². The summed E-state index contributed by atoms with van der Waals surface area (Å²) in [7, 11) is 1.67. The molecule has 0 spiro atoms. The van der Waals surface area contributed by atoms with Crippen LogP contribution in [0.15, 0.2) is 29.3 Å². The predicted molar refractivity (Wildman–Crippen MR) is 123 cm³/mol. The number of carbonyl (C=O) groups excluding carboxylic acids is 2. The maximum absolute atomic E-state index is 11.9. The van der Waals surface area contributed by atoms with Crippen LogP contribution >= 0.6 is 24.0 Å². The first kappa shape index (κ1) is 24.2. The van der Waals surface area contributed by atoms with Crippen molar-refractivity contribution >= 4 is 41.8 Å². The third-order valence-corrected chi connectivity index (χ3v) is 4.18. The van der Waals surface area contributed by atoms with Gasteiger partial charge in [0.05, 0.1) is 6.54 Å². The van der Waals surface area contributed by atoms with Gasteiger partial charge in [-0.2, -0.15) is 0 Å². The maximum Gasteiger partial charge on any atom is 0.239 e. The number of halogens is 1. The molecule has 2 amide bonds. The fourth-order valence-electron chi connectivity index (χ4n) is 2.89. The van der Waals surface area contributed by atoms with Gasteiger partial charge in [-0.15, -0.1) is 24.0 Å². The molecule has 1 aliphatic heterocycles. The van der Waals surface area contributed by atoms with Gasteiger partial charge in [-0.05, 0) is 38.3 Å². The van der Waals surface area contributed by atoms with Crippen molar-refractivity contribution in [2.45, 2.75) is 52.2 Å². The Bertz CT molecular complexity index is 683.